The molecule has 0 unspecified atom stereocenters. The van der Waals surface area contributed by atoms with Crippen LogP contribution in [0, 0.1) is 5.92 Å². The molecule has 170 valence electrons. The van der Waals surface area contributed by atoms with Crippen molar-refractivity contribution < 1.29 is 9.59 Å². The van der Waals surface area contributed by atoms with Crippen LogP contribution in [0.1, 0.15) is 34.0 Å². The number of nitrogens with zero attached hydrogens (tertiary/aromatic N) is 4. The first kappa shape index (κ1) is 21.6. The van der Waals surface area contributed by atoms with Crippen LogP contribution >= 0.6 is 0 Å². The van der Waals surface area contributed by atoms with Gasteiger partial charge in [-0.25, -0.2) is 0 Å². The third kappa shape index (κ3) is 4.35. The van der Waals surface area contributed by atoms with Crippen molar-refractivity contribution in [1.29, 1.82) is 0 Å². The van der Waals surface area contributed by atoms with Crippen LogP contribution < -0.4 is 0 Å². The molecular formula is C27H30N4O2. The van der Waals surface area contributed by atoms with Crippen molar-refractivity contribution in [2.45, 2.75) is 18.9 Å². The van der Waals surface area contributed by atoms with Crippen LogP contribution in [-0.4, -0.2) is 71.8 Å². The number of hydrogen-bond donors (Lipinski definition) is 0. The molecule has 6 nitrogen and oxygen atoms in total. The second kappa shape index (κ2) is 8.94. The fourth-order valence-electron chi connectivity index (χ4n) is 4.98. The highest BCUT2D eigenvalue weighted by Gasteiger charge is 2.38. The summed E-state index contributed by atoms with van der Waals surface area (Å²) in [6, 6.07) is 20.1. The van der Waals surface area contributed by atoms with Gasteiger partial charge in [-0.2, -0.15) is 0 Å². The van der Waals surface area contributed by atoms with Crippen LogP contribution in [0.25, 0.3) is 10.9 Å². The van der Waals surface area contributed by atoms with E-state index in [0.717, 1.165) is 49.2 Å². The van der Waals surface area contributed by atoms with Crippen molar-refractivity contribution in [2.75, 3.05) is 40.3 Å². The summed E-state index contributed by atoms with van der Waals surface area (Å²) in [5.41, 5.74) is 3.71. The molecule has 0 N–H and O–H groups in total. The normalized spacial score (nSPS) is 19.0. The molecule has 2 aromatic carbocycles. The predicted molar refractivity (Wildman–Crippen MR) is 129 cm³/mol. The summed E-state index contributed by atoms with van der Waals surface area (Å²) in [5.74, 6) is 0.483. The van der Waals surface area contributed by atoms with Gasteiger partial charge in [0, 0.05) is 63.8 Å². The van der Waals surface area contributed by atoms with E-state index in [0.29, 0.717) is 12.1 Å². The van der Waals surface area contributed by atoms with E-state index in [9.17, 15) is 9.59 Å². The van der Waals surface area contributed by atoms with E-state index >= 15 is 0 Å². The topological polar surface area (TPSA) is 56.8 Å². The largest absolute Gasteiger partial charge is 0.345 e. The van der Waals surface area contributed by atoms with Gasteiger partial charge < -0.3 is 9.80 Å². The first-order chi connectivity index (χ1) is 16.0. The molecule has 3 aromatic rings. The average molecular weight is 443 g/mol. The highest BCUT2D eigenvalue weighted by molar-refractivity contribution is 6.06. The fourth-order valence-corrected chi connectivity index (χ4v) is 4.98. The molecule has 2 aliphatic heterocycles. The molecule has 0 aliphatic carbocycles. The number of amides is 2. The molecule has 6 heteroatoms. The molecule has 1 atom stereocenters. The monoisotopic (exact) mass is 442 g/mol. The van der Waals surface area contributed by atoms with Crippen LogP contribution in [0.3, 0.4) is 0 Å². The molecule has 2 amide bonds. The smallest absolute Gasteiger partial charge is 0.254 e. The van der Waals surface area contributed by atoms with E-state index in [1.807, 2.05) is 41.3 Å². The van der Waals surface area contributed by atoms with Crippen molar-refractivity contribution in [3.8, 4) is 0 Å². The number of aromatic nitrogens is 1. The van der Waals surface area contributed by atoms with Crippen molar-refractivity contribution in [2.24, 2.45) is 5.92 Å². The van der Waals surface area contributed by atoms with E-state index in [4.69, 9.17) is 4.98 Å². The van der Waals surface area contributed by atoms with Gasteiger partial charge >= 0.3 is 0 Å². The van der Waals surface area contributed by atoms with Gasteiger partial charge in [0.2, 0.25) is 5.91 Å². The molecule has 3 heterocycles. The first-order valence-electron chi connectivity index (χ1n) is 11.7. The van der Waals surface area contributed by atoms with Gasteiger partial charge in [0.05, 0.1) is 17.0 Å². The lowest BCUT2D eigenvalue weighted by Gasteiger charge is -2.40. The van der Waals surface area contributed by atoms with Crippen LogP contribution in [-0.2, 0) is 11.3 Å². The summed E-state index contributed by atoms with van der Waals surface area (Å²) < 4.78 is 0. The summed E-state index contributed by atoms with van der Waals surface area (Å²) in [4.78, 5) is 36.7. The van der Waals surface area contributed by atoms with Gasteiger partial charge in [0.15, 0.2) is 0 Å². The fraction of sp³-hybridized carbons (Fsp3) is 0.370. The molecule has 5 rings (SSSR count). The number of benzene rings is 2. The second-order valence-electron chi connectivity index (χ2n) is 9.46. The molecule has 1 aromatic heterocycles. The summed E-state index contributed by atoms with van der Waals surface area (Å²) in [5, 5.41) is 0.874. The molecule has 2 fully saturated rings. The zero-order chi connectivity index (χ0) is 22.9. The number of para-hydroxylation sites is 1. The van der Waals surface area contributed by atoms with Gasteiger partial charge in [0.1, 0.15) is 0 Å². The minimum atomic E-state index is -0.0197. The number of fused-ring (bicyclic) bond motifs is 1. The average Bonchev–Trinajstić information content (AvgIpc) is 3.30. The standard InChI is InChI=1S/C27H30N4O2/c1-29(2)27(33)23-14-25(28-24-11-7-6-10-22(23)24)20-12-13-31(18-20)26(32)21-16-30(17-21)15-19-8-4-3-5-9-19/h3-11,14,20-21H,12-13,15-18H2,1-2H3/t20-/m1/s1. The lowest BCUT2D eigenvalue weighted by Crippen LogP contribution is -2.53. The van der Waals surface area contributed by atoms with Gasteiger partial charge in [-0.05, 0) is 24.1 Å². The van der Waals surface area contributed by atoms with Crippen molar-refractivity contribution in [3.05, 3.63) is 77.5 Å². The lowest BCUT2D eigenvalue weighted by atomic mass is 9.97. The number of pyridine rings is 1. The quantitative estimate of drug-likeness (QED) is 0.608. The van der Waals surface area contributed by atoms with Crippen LogP contribution in [0.15, 0.2) is 60.7 Å². The van der Waals surface area contributed by atoms with Crippen molar-refractivity contribution in [3.63, 3.8) is 0 Å². The summed E-state index contributed by atoms with van der Waals surface area (Å²) in [6.07, 6.45) is 0.882. The maximum Gasteiger partial charge on any atom is 0.254 e. The molecule has 2 saturated heterocycles. The Balaban J connectivity index is 1.26. The Morgan fingerprint density at radius 3 is 2.48 bits per heavy atom. The third-order valence-electron chi connectivity index (χ3n) is 6.85. The van der Waals surface area contributed by atoms with E-state index in [2.05, 4.69) is 29.2 Å². The Morgan fingerprint density at radius 1 is 1.00 bits per heavy atom. The number of rotatable bonds is 5. The van der Waals surface area contributed by atoms with E-state index in [-0.39, 0.29) is 23.7 Å². The molecule has 0 bridgehead atoms. The third-order valence-corrected chi connectivity index (χ3v) is 6.85. The summed E-state index contributed by atoms with van der Waals surface area (Å²) in [6.45, 7) is 3.98. The number of likely N-dealkylation sites (tertiary alicyclic amines) is 2. The maximum atomic E-state index is 13.1. The molecular weight excluding hydrogens is 412 g/mol. The predicted octanol–water partition coefficient (Wildman–Crippen LogP) is 3.38. The second-order valence-corrected chi connectivity index (χ2v) is 9.46. The Kier molecular flexibility index (Phi) is 5.85. The molecule has 33 heavy (non-hydrogen) atoms. The summed E-state index contributed by atoms with van der Waals surface area (Å²) in [7, 11) is 3.54. The lowest BCUT2D eigenvalue weighted by molar-refractivity contribution is -0.140. The van der Waals surface area contributed by atoms with Gasteiger partial charge in [-0.1, -0.05) is 48.5 Å². The highest BCUT2D eigenvalue weighted by Crippen LogP contribution is 2.31. The van der Waals surface area contributed by atoms with Gasteiger partial charge in [-0.3, -0.25) is 19.5 Å². The van der Waals surface area contributed by atoms with Crippen LogP contribution in [0.5, 0.6) is 0 Å². The van der Waals surface area contributed by atoms with Gasteiger partial charge in [0.25, 0.3) is 5.91 Å². The molecule has 0 saturated carbocycles. The zero-order valence-corrected chi connectivity index (χ0v) is 19.3. The first-order valence-corrected chi connectivity index (χ1v) is 11.7. The van der Waals surface area contributed by atoms with Crippen LogP contribution in [0.4, 0.5) is 0 Å². The zero-order valence-electron chi connectivity index (χ0n) is 19.3. The van der Waals surface area contributed by atoms with Crippen molar-refractivity contribution in [1.82, 2.24) is 19.7 Å². The SMILES string of the molecule is CN(C)C(=O)c1cc([C@@H]2CCN(C(=O)C3CN(Cc4ccccc4)C3)C2)nc2ccccc12. The molecule has 0 spiro atoms. The van der Waals surface area contributed by atoms with E-state index < -0.39 is 0 Å². The Hall–Kier alpha value is -3.25. The number of carbonyl (C=O) groups is 2. The van der Waals surface area contributed by atoms with Crippen LogP contribution in [0.2, 0.25) is 0 Å². The maximum absolute atomic E-state index is 13.1. The Morgan fingerprint density at radius 2 is 1.73 bits per heavy atom. The van der Waals surface area contributed by atoms with E-state index in [1.54, 1.807) is 19.0 Å². The molecule has 0 radical (unpaired) electrons. The minimum absolute atomic E-state index is 0.0197. The number of hydrogen-bond acceptors (Lipinski definition) is 4. The highest BCUT2D eigenvalue weighted by atomic mass is 16.2. The minimum Gasteiger partial charge on any atom is -0.345 e. The van der Waals surface area contributed by atoms with Gasteiger partial charge in [-0.15, -0.1) is 0 Å². The summed E-state index contributed by atoms with van der Waals surface area (Å²) >= 11 is 0. The number of carbonyl (C=O) groups excluding carboxylic acids is 2. The molecule has 2 aliphatic rings. The Bertz CT molecular complexity index is 1170. The van der Waals surface area contributed by atoms with E-state index in [1.165, 1.54) is 5.56 Å². The Labute approximate surface area is 194 Å². The van der Waals surface area contributed by atoms with Crippen molar-refractivity contribution >= 4 is 22.7 Å².